The molecule has 3 rings (SSSR count). The molecular formula is C17H25NO. The van der Waals surface area contributed by atoms with E-state index < -0.39 is 0 Å². The summed E-state index contributed by atoms with van der Waals surface area (Å²) in [6.07, 6.45) is 2.21. The van der Waals surface area contributed by atoms with Crippen LogP contribution in [-0.4, -0.2) is 17.3 Å². The van der Waals surface area contributed by atoms with Crippen LogP contribution in [0.1, 0.15) is 39.2 Å². The SMILES string of the molecule is CC1(C)[C@@H]2CC[C@@]1(C)[C@@H](NCc1ccccc1)[C@H]2O. The Morgan fingerprint density at radius 3 is 2.47 bits per heavy atom. The topological polar surface area (TPSA) is 32.3 Å². The molecule has 0 heterocycles. The van der Waals surface area contributed by atoms with Crippen LogP contribution in [0.25, 0.3) is 0 Å². The van der Waals surface area contributed by atoms with Crippen molar-refractivity contribution in [1.29, 1.82) is 0 Å². The molecule has 0 spiro atoms. The zero-order valence-corrected chi connectivity index (χ0v) is 12.2. The van der Waals surface area contributed by atoms with Crippen LogP contribution < -0.4 is 5.32 Å². The van der Waals surface area contributed by atoms with Gasteiger partial charge in [0.2, 0.25) is 0 Å². The number of hydrogen-bond donors (Lipinski definition) is 2. The first-order chi connectivity index (χ1) is 8.97. The molecule has 2 N–H and O–H groups in total. The highest BCUT2D eigenvalue weighted by molar-refractivity contribution is 5.19. The van der Waals surface area contributed by atoms with E-state index in [0.717, 1.165) is 6.54 Å². The Morgan fingerprint density at radius 1 is 1.21 bits per heavy atom. The van der Waals surface area contributed by atoms with Gasteiger partial charge in [0.1, 0.15) is 0 Å². The minimum atomic E-state index is -0.197. The van der Waals surface area contributed by atoms with E-state index >= 15 is 0 Å². The quantitative estimate of drug-likeness (QED) is 0.874. The minimum absolute atomic E-state index is 0.197. The van der Waals surface area contributed by atoms with E-state index in [1.54, 1.807) is 0 Å². The Bertz CT molecular complexity index is 456. The Kier molecular flexibility index (Phi) is 2.99. The molecule has 4 atom stereocenters. The van der Waals surface area contributed by atoms with Crippen LogP contribution >= 0.6 is 0 Å². The van der Waals surface area contributed by atoms with E-state index in [1.807, 2.05) is 6.07 Å². The highest BCUT2D eigenvalue weighted by Gasteiger charge is 2.65. The van der Waals surface area contributed by atoms with Crippen LogP contribution in [0.2, 0.25) is 0 Å². The minimum Gasteiger partial charge on any atom is -0.391 e. The fourth-order valence-corrected chi connectivity index (χ4v) is 4.49. The molecule has 0 amide bonds. The molecule has 1 aromatic rings. The number of benzene rings is 1. The Morgan fingerprint density at radius 2 is 1.89 bits per heavy atom. The zero-order chi connectivity index (χ0) is 13.7. The predicted octanol–water partition coefficient (Wildman–Crippen LogP) is 2.96. The number of hydrogen-bond acceptors (Lipinski definition) is 2. The van der Waals surface area contributed by atoms with Crippen LogP contribution in [0.4, 0.5) is 0 Å². The standard InChI is InChI=1S/C17H25NO/c1-16(2)13-9-10-17(16,3)15(14(13)19)18-11-12-7-5-4-6-8-12/h4-8,13-15,18-19H,9-11H2,1-3H3/t13-,14+,15+,17+/m1/s1. The maximum atomic E-state index is 10.6. The van der Waals surface area contributed by atoms with E-state index in [9.17, 15) is 5.11 Å². The normalized spacial score (nSPS) is 39.7. The summed E-state index contributed by atoms with van der Waals surface area (Å²) in [7, 11) is 0. The van der Waals surface area contributed by atoms with Gasteiger partial charge < -0.3 is 10.4 Å². The summed E-state index contributed by atoms with van der Waals surface area (Å²) in [5, 5.41) is 14.2. The lowest BCUT2D eigenvalue weighted by Gasteiger charge is -2.40. The third kappa shape index (κ3) is 1.77. The number of aliphatic hydroxyl groups excluding tert-OH is 1. The van der Waals surface area contributed by atoms with E-state index in [4.69, 9.17) is 0 Å². The molecule has 2 nitrogen and oxygen atoms in total. The van der Waals surface area contributed by atoms with Gasteiger partial charge >= 0.3 is 0 Å². The fraction of sp³-hybridized carbons (Fsp3) is 0.647. The van der Waals surface area contributed by atoms with E-state index in [1.165, 1.54) is 18.4 Å². The third-order valence-corrected chi connectivity index (χ3v) is 6.18. The molecule has 0 aromatic heterocycles. The molecule has 0 aliphatic heterocycles. The van der Waals surface area contributed by atoms with Gasteiger partial charge in [-0.15, -0.1) is 0 Å². The first kappa shape index (κ1) is 13.1. The summed E-state index contributed by atoms with van der Waals surface area (Å²) in [6.45, 7) is 7.86. The van der Waals surface area contributed by atoms with Crippen LogP contribution in [-0.2, 0) is 6.54 Å². The van der Waals surface area contributed by atoms with Crippen molar-refractivity contribution in [2.75, 3.05) is 0 Å². The Balaban J connectivity index is 1.76. The maximum absolute atomic E-state index is 10.6. The molecule has 2 bridgehead atoms. The summed E-state index contributed by atoms with van der Waals surface area (Å²) < 4.78 is 0. The van der Waals surface area contributed by atoms with Crippen molar-refractivity contribution in [2.45, 2.75) is 52.3 Å². The molecule has 2 aliphatic rings. The molecule has 19 heavy (non-hydrogen) atoms. The summed E-state index contributed by atoms with van der Waals surface area (Å²) in [5.41, 5.74) is 1.74. The van der Waals surface area contributed by atoms with Crippen molar-refractivity contribution >= 4 is 0 Å². The van der Waals surface area contributed by atoms with Crippen LogP contribution in [0, 0.1) is 16.7 Å². The summed E-state index contributed by atoms with van der Waals surface area (Å²) in [6, 6.07) is 10.7. The van der Waals surface area contributed by atoms with E-state index in [2.05, 4.69) is 50.4 Å². The smallest absolute Gasteiger partial charge is 0.0732 e. The first-order valence-corrected chi connectivity index (χ1v) is 7.42. The molecule has 2 fully saturated rings. The average molecular weight is 259 g/mol. The van der Waals surface area contributed by atoms with Gasteiger partial charge in [0.15, 0.2) is 0 Å². The van der Waals surface area contributed by atoms with Crippen LogP contribution in [0.3, 0.4) is 0 Å². The highest BCUT2D eigenvalue weighted by atomic mass is 16.3. The fourth-order valence-electron chi connectivity index (χ4n) is 4.49. The van der Waals surface area contributed by atoms with Crippen molar-refractivity contribution in [1.82, 2.24) is 5.32 Å². The average Bonchev–Trinajstić information content (AvgIpc) is 2.69. The van der Waals surface area contributed by atoms with Gasteiger partial charge in [-0.2, -0.15) is 0 Å². The van der Waals surface area contributed by atoms with Gasteiger partial charge in [-0.05, 0) is 35.2 Å². The van der Waals surface area contributed by atoms with Crippen molar-refractivity contribution in [2.24, 2.45) is 16.7 Å². The molecule has 0 radical (unpaired) electrons. The lowest BCUT2D eigenvalue weighted by molar-refractivity contribution is 0.0569. The second kappa shape index (κ2) is 4.32. The molecule has 2 saturated carbocycles. The first-order valence-electron chi connectivity index (χ1n) is 7.42. The van der Waals surface area contributed by atoms with Crippen molar-refractivity contribution in [3.05, 3.63) is 35.9 Å². The lowest BCUT2D eigenvalue weighted by Crippen LogP contribution is -2.49. The van der Waals surface area contributed by atoms with E-state index in [-0.39, 0.29) is 23.0 Å². The predicted molar refractivity (Wildman–Crippen MR) is 77.7 cm³/mol. The largest absolute Gasteiger partial charge is 0.391 e. The van der Waals surface area contributed by atoms with Crippen molar-refractivity contribution < 1.29 is 5.11 Å². The summed E-state index contributed by atoms with van der Waals surface area (Å²) in [5.74, 6) is 0.450. The molecule has 2 heteroatoms. The molecule has 0 unspecified atom stereocenters. The second-order valence-electron chi connectivity index (χ2n) is 7.12. The van der Waals surface area contributed by atoms with Gasteiger partial charge in [0, 0.05) is 12.6 Å². The van der Waals surface area contributed by atoms with Crippen LogP contribution in [0.15, 0.2) is 30.3 Å². The molecule has 2 aliphatic carbocycles. The van der Waals surface area contributed by atoms with Gasteiger partial charge in [0.25, 0.3) is 0 Å². The maximum Gasteiger partial charge on any atom is 0.0732 e. The Labute approximate surface area is 116 Å². The van der Waals surface area contributed by atoms with Gasteiger partial charge in [-0.3, -0.25) is 0 Å². The van der Waals surface area contributed by atoms with Crippen molar-refractivity contribution in [3.8, 4) is 0 Å². The van der Waals surface area contributed by atoms with Gasteiger partial charge in [-0.1, -0.05) is 51.1 Å². The van der Waals surface area contributed by atoms with Gasteiger partial charge in [-0.25, -0.2) is 0 Å². The molecule has 0 saturated heterocycles. The van der Waals surface area contributed by atoms with Gasteiger partial charge in [0.05, 0.1) is 6.10 Å². The summed E-state index contributed by atoms with van der Waals surface area (Å²) >= 11 is 0. The van der Waals surface area contributed by atoms with E-state index in [0.29, 0.717) is 5.92 Å². The number of nitrogens with one attached hydrogen (secondary N) is 1. The van der Waals surface area contributed by atoms with Crippen molar-refractivity contribution in [3.63, 3.8) is 0 Å². The molecule has 1 aromatic carbocycles. The summed E-state index contributed by atoms with van der Waals surface area (Å²) in [4.78, 5) is 0. The molecular weight excluding hydrogens is 234 g/mol. The molecule has 104 valence electrons. The highest BCUT2D eigenvalue weighted by Crippen LogP contribution is 2.65. The van der Waals surface area contributed by atoms with Crippen LogP contribution in [0.5, 0.6) is 0 Å². The third-order valence-electron chi connectivity index (χ3n) is 6.18. The number of rotatable bonds is 3. The Hall–Kier alpha value is -0.860. The lowest BCUT2D eigenvalue weighted by atomic mass is 9.69. The number of aliphatic hydroxyl groups is 1. The zero-order valence-electron chi connectivity index (χ0n) is 12.2. The second-order valence-corrected chi connectivity index (χ2v) is 7.12. The monoisotopic (exact) mass is 259 g/mol. The number of fused-ring (bicyclic) bond motifs is 2.